The second-order valence-electron chi connectivity index (χ2n) is 17.8. The first kappa shape index (κ1) is 41.1. The number of nitrogens with zero attached hydrogens (tertiary/aromatic N) is 3. The van der Waals surface area contributed by atoms with Gasteiger partial charge in [0.2, 0.25) is 5.36 Å². The Hall–Kier alpha value is -4.68. The summed E-state index contributed by atoms with van der Waals surface area (Å²) in [6.45, 7) is 17.4. The van der Waals surface area contributed by atoms with E-state index in [4.69, 9.17) is 9.15 Å². The lowest BCUT2D eigenvalue weighted by Crippen LogP contribution is -3.00. The van der Waals surface area contributed by atoms with Crippen molar-refractivity contribution in [1.82, 2.24) is 9.56 Å². The second kappa shape index (κ2) is 16.4. The summed E-state index contributed by atoms with van der Waals surface area (Å²) < 4.78 is 15.7. The van der Waals surface area contributed by atoms with E-state index >= 15 is 0 Å². The zero-order valence-electron chi connectivity index (χ0n) is 35.8. The first-order valence-corrected chi connectivity index (χ1v) is 22.1. The Kier molecular flexibility index (Phi) is 11.4. The number of pyridine rings is 1. The van der Waals surface area contributed by atoms with Crippen molar-refractivity contribution in [2.24, 2.45) is 28.6 Å². The second-order valence-corrected chi connectivity index (χ2v) is 17.8. The third-order valence-electron chi connectivity index (χ3n) is 15.2. The molecule has 1 aromatic heterocycles. The molecule has 2 fully saturated rings. The molecule has 1 aliphatic heterocycles. The van der Waals surface area contributed by atoms with E-state index < -0.39 is 0 Å². The zero-order valence-corrected chi connectivity index (χ0v) is 36.5. The van der Waals surface area contributed by atoms with Crippen LogP contribution in [0.1, 0.15) is 102 Å². The van der Waals surface area contributed by atoms with Crippen LogP contribution in [-0.2, 0) is 4.74 Å². The number of rotatable bonds is 9. The number of fused-ring (bicyclic) bond motifs is 7. The molecule has 0 spiro atoms. The van der Waals surface area contributed by atoms with Crippen LogP contribution < -0.4 is 27.2 Å². The van der Waals surface area contributed by atoms with Crippen molar-refractivity contribution in [3.63, 3.8) is 0 Å². The van der Waals surface area contributed by atoms with E-state index in [-0.39, 0.29) is 35.3 Å². The van der Waals surface area contributed by atoms with Crippen LogP contribution in [0.3, 0.4) is 0 Å². The lowest BCUT2D eigenvalue weighted by atomic mass is 9.47. The molecule has 0 radical (unpaired) electrons. The molecule has 0 unspecified atom stereocenters. The molecule has 7 heteroatoms. The molecule has 2 heterocycles. The fourth-order valence-corrected chi connectivity index (χ4v) is 12.1. The van der Waals surface area contributed by atoms with E-state index in [1.807, 2.05) is 24.4 Å². The number of ether oxygens (including phenoxy) is 1. The van der Waals surface area contributed by atoms with Gasteiger partial charge in [0, 0.05) is 66.2 Å². The van der Waals surface area contributed by atoms with Crippen molar-refractivity contribution in [2.75, 3.05) is 31.1 Å². The summed E-state index contributed by atoms with van der Waals surface area (Å²) in [7, 11) is 0. The Labute approximate surface area is 356 Å². The Morgan fingerprint density at radius 2 is 1.66 bits per heavy atom. The van der Waals surface area contributed by atoms with Crippen LogP contribution >= 0.6 is 0 Å². The van der Waals surface area contributed by atoms with E-state index in [0.717, 1.165) is 103 Å². The van der Waals surface area contributed by atoms with Crippen LogP contribution in [0.25, 0.3) is 39.0 Å². The smallest absolute Gasteiger partial charge is 0.339 e. The van der Waals surface area contributed by atoms with Gasteiger partial charge in [-0.15, -0.1) is 0 Å². The SMILES string of the molecule is CCN(CC)c1ccc2c(-c3ccccc3C(=O)O[C@H]3CC[C@@]4(C)C(=CC[C@@H]5[C@@H]4CC[C@]4(C)C(c6cccnc6)=CC[C@@H]54)C3)c3ccc(=[N+](CC)CC)cc-3oc2c1.[Cl-]. The molecule has 6 atom stereocenters. The van der Waals surface area contributed by atoms with Gasteiger partial charge >= 0.3 is 5.97 Å². The Morgan fingerprint density at radius 3 is 2.42 bits per heavy atom. The highest BCUT2D eigenvalue weighted by Crippen LogP contribution is 2.66. The van der Waals surface area contributed by atoms with Crippen LogP contribution in [0.15, 0.2) is 107 Å². The van der Waals surface area contributed by atoms with Gasteiger partial charge in [0.05, 0.1) is 11.6 Å². The highest BCUT2D eigenvalue weighted by Gasteiger charge is 2.57. The third-order valence-corrected chi connectivity index (χ3v) is 15.2. The molecule has 5 aliphatic carbocycles. The number of halogens is 1. The standard InChI is InChI=1S/C52H60N3O3.ClH/c1-7-54(8-2)36-18-21-42-47(31-36)58-48-32-37(55(9-3)10-4)19-22-43(48)49(42)39-15-11-12-16-40(39)50(56)57-38-25-27-51(5)35(30-38)17-20-41-45-24-23-44(34-14-13-29-53-33-34)52(45,6)28-26-46(41)51;/h11-19,21-23,29,31-33,38,41,45-46H,7-10,20,24-28,30H2,1-6H3;1H/q+1;/p-1/t38-,41-,45-,46-,51-,52+;/m0./s1. The van der Waals surface area contributed by atoms with E-state index in [2.05, 4.69) is 129 Å². The van der Waals surface area contributed by atoms with Gasteiger partial charge < -0.3 is 26.5 Å². The maximum atomic E-state index is 14.5. The summed E-state index contributed by atoms with van der Waals surface area (Å²) in [4.78, 5) is 21.3. The molecule has 2 saturated carbocycles. The Bertz CT molecular complexity index is 2460. The van der Waals surface area contributed by atoms with Crippen molar-refractivity contribution in [2.45, 2.75) is 92.6 Å². The van der Waals surface area contributed by atoms with Crippen LogP contribution in [0.2, 0.25) is 0 Å². The fourth-order valence-electron chi connectivity index (χ4n) is 12.1. The molecule has 308 valence electrons. The maximum absolute atomic E-state index is 14.5. The third kappa shape index (κ3) is 6.93. The van der Waals surface area contributed by atoms with Crippen LogP contribution in [0.4, 0.5) is 5.69 Å². The Balaban J connectivity index is 0.00000484. The van der Waals surface area contributed by atoms with Gasteiger partial charge in [0.15, 0.2) is 0 Å². The zero-order chi connectivity index (χ0) is 40.2. The molecule has 0 bridgehead atoms. The van der Waals surface area contributed by atoms with Gasteiger partial charge in [-0.1, -0.05) is 55.8 Å². The van der Waals surface area contributed by atoms with Gasteiger partial charge in [0.1, 0.15) is 30.5 Å². The predicted octanol–water partition coefficient (Wildman–Crippen LogP) is 8.44. The minimum atomic E-state index is -0.242. The van der Waals surface area contributed by atoms with Gasteiger partial charge in [0.25, 0.3) is 0 Å². The molecule has 59 heavy (non-hydrogen) atoms. The average molecular weight is 811 g/mol. The molecular formula is C52H60ClN3O3. The molecule has 0 N–H and O–H groups in total. The number of esters is 1. The first-order valence-electron chi connectivity index (χ1n) is 22.1. The van der Waals surface area contributed by atoms with E-state index in [0.29, 0.717) is 23.3 Å². The lowest BCUT2D eigenvalue weighted by molar-refractivity contribution is -0.0306. The summed E-state index contributed by atoms with van der Waals surface area (Å²) in [6.07, 6.45) is 16.4. The fraction of sp³-hybridized carbons (Fsp3) is 0.442. The lowest BCUT2D eigenvalue weighted by Gasteiger charge is -2.57. The minimum Gasteiger partial charge on any atom is -1.00 e. The van der Waals surface area contributed by atoms with Crippen molar-refractivity contribution >= 4 is 28.2 Å². The topological polar surface area (TPSA) is 58.6 Å². The van der Waals surface area contributed by atoms with E-state index in [1.165, 1.54) is 29.6 Å². The minimum absolute atomic E-state index is 0. The van der Waals surface area contributed by atoms with E-state index in [9.17, 15) is 4.79 Å². The summed E-state index contributed by atoms with van der Waals surface area (Å²) in [5.41, 5.74) is 10.1. The van der Waals surface area contributed by atoms with Crippen molar-refractivity contribution in [1.29, 1.82) is 0 Å². The molecule has 0 amide bonds. The summed E-state index contributed by atoms with van der Waals surface area (Å²) >= 11 is 0. The molecule has 2 aromatic carbocycles. The molecule has 0 saturated heterocycles. The van der Waals surface area contributed by atoms with Gasteiger partial charge in [-0.2, -0.15) is 0 Å². The van der Waals surface area contributed by atoms with Gasteiger partial charge in [-0.3, -0.25) is 4.98 Å². The van der Waals surface area contributed by atoms with Crippen molar-refractivity contribution < 1.29 is 26.4 Å². The number of anilines is 1. The Morgan fingerprint density at radius 1 is 0.864 bits per heavy atom. The first-order chi connectivity index (χ1) is 28.2. The van der Waals surface area contributed by atoms with Crippen molar-refractivity contribution in [3.05, 3.63) is 119 Å². The largest absolute Gasteiger partial charge is 1.00 e. The predicted molar refractivity (Wildman–Crippen MR) is 237 cm³/mol. The average Bonchev–Trinajstić information content (AvgIpc) is 3.61. The number of carbonyl (C=O) groups excluding carboxylic acids is 1. The molecule has 9 rings (SSSR count). The highest BCUT2D eigenvalue weighted by atomic mass is 35.5. The summed E-state index contributed by atoms with van der Waals surface area (Å²) in [6, 6.07) is 25.4. The number of hydrogen-bond acceptors (Lipinski definition) is 5. The number of hydrogen-bond donors (Lipinski definition) is 0. The normalized spacial score (nSPS) is 25.9. The van der Waals surface area contributed by atoms with Crippen LogP contribution in [0.5, 0.6) is 0 Å². The summed E-state index contributed by atoms with van der Waals surface area (Å²) in [5.74, 6) is 2.57. The molecule has 6 aliphatic rings. The molecule has 6 nitrogen and oxygen atoms in total. The highest BCUT2D eigenvalue weighted by molar-refractivity contribution is 6.08. The molecular weight excluding hydrogens is 750 g/mol. The molecule has 3 aromatic rings. The quantitative estimate of drug-likeness (QED) is 0.0648. The number of aromatic nitrogens is 1. The van der Waals surface area contributed by atoms with Crippen LogP contribution in [-0.4, -0.2) is 43.2 Å². The number of carbonyl (C=O) groups is 1. The van der Waals surface area contributed by atoms with Gasteiger partial charge in [-0.25, -0.2) is 9.37 Å². The van der Waals surface area contributed by atoms with Gasteiger partial charge in [-0.05, 0) is 142 Å². The monoisotopic (exact) mass is 809 g/mol. The number of benzene rings is 3. The van der Waals surface area contributed by atoms with Crippen LogP contribution in [0, 0.1) is 28.6 Å². The number of allylic oxidation sites excluding steroid dienone is 3. The van der Waals surface area contributed by atoms with Crippen molar-refractivity contribution in [3.8, 4) is 22.5 Å². The maximum Gasteiger partial charge on any atom is 0.339 e. The summed E-state index contributed by atoms with van der Waals surface area (Å²) in [5, 5.41) is 2.12. The van der Waals surface area contributed by atoms with E-state index in [1.54, 1.807) is 0 Å².